The fraction of sp³-hybridized carbons (Fsp3) is 0.241. The van der Waals surface area contributed by atoms with Crippen molar-refractivity contribution in [2.45, 2.75) is 26.4 Å². The van der Waals surface area contributed by atoms with Crippen molar-refractivity contribution < 1.29 is 24.2 Å². The average molecular weight is 485 g/mol. The van der Waals surface area contributed by atoms with Gasteiger partial charge in [0.15, 0.2) is 0 Å². The first-order valence-electron chi connectivity index (χ1n) is 11.9. The predicted molar refractivity (Wildman–Crippen MR) is 139 cm³/mol. The topological polar surface area (TPSA) is 81.0 Å². The molecular formula is C29H28N2O5. The van der Waals surface area contributed by atoms with Crippen LogP contribution in [0.15, 0.2) is 66.7 Å². The van der Waals surface area contributed by atoms with Gasteiger partial charge in [-0.25, -0.2) is 0 Å². The number of likely N-dealkylation sites (N-methyl/N-ethyl adjacent to an activating group) is 1. The molecule has 0 fully saturated rings. The number of carboxylic acid groups (broad SMARTS) is 1. The fourth-order valence-electron chi connectivity index (χ4n) is 4.87. The number of ether oxygens (including phenoxy) is 2. The van der Waals surface area contributed by atoms with Crippen molar-refractivity contribution in [3.05, 3.63) is 89.1 Å². The summed E-state index contributed by atoms with van der Waals surface area (Å²) in [4.78, 5) is 27.0. The van der Waals surface area contributed by atoms with Gasteiger partial charge >= 0.3 is 5.97 Å². The molecule has 0 amide bonds. The van der Waals surface area contributed by atoms with Crippen LogP contribution in [-0.2, 0) is 11.2 Å². The first-order valence-corrected chi connectivity index (χ1v) is 11.9. The van der Waals surface area contributed by atoms with Crippen LogP contribution in [0.5, 0.6) is 11.5 Å². The lowest BCUT2D eigenvalue weighted by atomic mass is 10.1. The van der Waals surface area contributed by atoms with Gasteiger partial charge in [-0.2, -0.15) is 0 Å². The molecule has 36 heavy (non-hydrogen) atoms. The number of hydrogen-bond acceptors (Lipinski definition) is 5. The number of fused-ring (bicyclic) bond motifs is 2. The Morgan fingerprint density at radius 3 is 2.64 bits per heavy atom. The number of carbonyl (C=O) groups is 2. The van der Waals surface area contributed by atoms with Crippen molar-refractivity contribution >= 4 is 28.5 Å². The number of carbonyl (C=O) groups excluding carboxylic acids is 1. The molecule has 1 aromatic heterocycles. The quantitative estimate of drug-likeness (QED) is 0.421. The van der Waals surface area contributed by atoms with Gasteiger partial charge in [-0.3, -0.25) is 14.2 Å². The number of para-hydroxylation sites is 2. The van der Waals surface area contributed by atoms with Crippen LogP contribution in [-0.4, -0.2) is 47.9 Å². The maximum atomic E-state index is 13.5. The van der Waals surface area contributed by atoms with Gasteiger partial charge < -0.3 is 19.5 Å². The van der Waals surface area contributed by atoms with Crippen molar-refractivity contribution in [2.75, 3.05) is 25.1 Å². The van der Waals surface area contributed by atoms with E-state index < -0.39 is 5.97 Å². The highest BCUT2D eigenvalue weighted by Crippen LogP contribution is 2.32. The molecule has 7 heteroatoms. The zero-order valence-corrected chi connectivity index (χ0v) is 20.5. The van der Waals surface area contributed by atoms with E-state index in [-0.39, 0.29) is 18.4 Å². The zero-order chi connectivity index (χ0) is 25.4. The van der Waals surface area contributed by atoms with Gasteiger partial charge in [-0.15, -0.1) is 0 Å². The Morgan fingerprint density at radius 2 is 1.86 bits per heavy atom. The van der Waals surface area contributed by atoms with Gasteiger partial charge in [0, 0.05) is 23.7 Å². The number of aromatic nitrogens is 1. The average Bonchev–Trinajstić information content (AvgIpc) is 3.19. The van der Waals surface area contributed by atoms with E-state index in [9.17, 15) is 14.7 Å². The number of rotatable bonds is 6. The number of carboxylic acids is 1. The lowest BCUT2D eigenvalue weighted by molar-refractivity contribution is -0.136. The number of nitrogens with zero attached hydrogens (tertiary/aromatic N) is 2. The molecule has 1 N–H and O–H groups in total. The van der Waals surface area contributed by atoms with E-state index >= 15 is 0 Å². The zero-order valence-electron chi connectivity index (χ0n) is 20.5. The molecule has 0 saturated heterocycles. The smallest absolute Gasteiger partial charge is 0.307 e. The number of aliphatic carboxylic acids is 1. The van der Waals surface area contributed by atoms with Gasteiger partial charge in [-0.1, -0.05) is 24.3 Å². The first-order chi connectivity index (χ1) is 17.3. The van der Waals surface area contributed by atoms with E-state index in [1.807, 2.05) is 63.4 Å². The molecule has 0 bridgehead atoms. The molecule has 1 aliphatic heterocycles. The third kappa shape index (κ3) is 4.40. The van der Waals surface area contributed by atoms with Crippen LogP contribution in [0.3, 0.4) is 0 Å². The third-order valence-electron chi connectivity index (χ3n) is 6.58. The summed E-state index contributed by atoms with van der Waals surface area (Å²) in [5.74, 6) is 0.456. The molecule has 0 saturated carbocycles. The molecule has 1 aliphatic rings. The lowest BCUT2D eigenvalue weighted by Crippen LogP contribution is -2.41. The van der Waals surface area contributed by atoms with Crippen molar-refractivity contribution in [3.63, 3.8) is 0 Å². The molecule has 0 radical (unpaired) electrons. The Bertz CT molecular complexity index is 1470. The minimum atomic E-state index is -0.903. The fourth-order valence-corrected chi connectivity index (χ4v) is 4.87. The van der Waals surface area contributed by atoms with Crippen LogP contribution in [0, 0.1) is 13.8 Å². The second kappa shape index (κ2) is 9.41. The van der Waals surface area contributed by atoms with Crippen LogP contribution in [0.25, 0.3) is 10.9 Å². The second-order valence-electron chi connectivity index (χ2n) is 9.22. The maximum absolute atomic E-state index is 13.5. The van der Waals surface area contributed by atoms with Gasteiger partial charge in [-0.05, 0) is 67.4 Å². The van der Waals surface area contributed by atoms with Crippen LogP contribution >= 0.6 is 0 Å². The highest BCUT2D eigenvalue weighted by molar-refractivity contribution is 6.04. The van der Waals surface area contributed by atoms with Gasteiger partial charge in [0.1, 0.15) is 24.2 Å². The van der Waals surface area contributed by atoms with E-state index in [1.54, 1.807) is 28.8 Å². The minimum Gasteiger partial charge on any atom is -0.490 e. The van der Waals surface area contributed by atoms with Crippen LogP contribution in [0.4, 0.5) is 5.69 Å². The molecule has 1 atom stereocenters. The third-order valence-corrected chi connectivity index (χ3v) is 6.58. The summed E-state index contributed by atoms with van der Waals surface area (Å²) < 4.78 is 13.8. The van der Waals surface area contributed by atoms with E-state index in [0.717, 1.165) is 34.6 Å². The highest BCUT2D eigenvalue weighted by atomic mass is 16.5. The molecule has 7 nitrogen and oxygen atoms in total. The van der Waals surface area contributed by atoms with Gasteiger partial charge in [0.2, 0.25) is 0 Å². The van der Waals surface area contributed by atoms with Gasteiger partial charge in [0.05, 0.1) is 24.2 Å². The molecule has 0 unspecified atom stereocenters. The van der Waals surface area contributed by atoms with Crippen molar-refractivity contribution in [3.8, 4) is 11.5 Å². The molecular weight excluding hydrogens is 456 g/mol. The molecule has 3 aromatic carbocycles. The van der Waals surface area contributed by atoms with Crippen LogP contribution in [0.1, 0.15) is 27.2 Å². The Hall–Kier alpha value is -4.26. The Morgan fingerprint density at radius 1 is 1.06 bits per heavy atom. The highest BCUT2D eigenvalue weighted by Gasteiger charge is 2.24. The SMILES string of the molecule is Cc1cc(OC[C@@H]2CN(C)c3ccccc3O2)ccc1C(=O)n1c(C)cc2c(CC(=O)O)cccc21. The van der Waals surface area contributed by atoms with E-state index in [1.165, 1.54) is 0 Å². The minimum absolute atomic E-state index is 0.0911. The number of benzene rings is 3. The predicted octanol–water partition coefficient (Wildman–Crippen LogP) is 4.85. The molecule has 0 aliphatic carbocycles. The lowest BCUT2D eigenvalue weighted by Gasteiger charge is -2.33. The number of anilines is 1. The Balaban J connectivity index is 1.34. The van der Waals surface area contributed by atoms with Crippen LogP contribution < -0.4 is 14.4 Å². The van der Waals surface area contributed by atoms with Crippen molar-refractivity contribution in [1.82, 2.24) is 4.57 Å². The largest absolute Gasteiger partial charge is 0.490 e. The summed E-state index contributed by atoms with van der Waals surface area (Å²) in [7, 11) is 2.04. The number of aryl methyl sites for hydroxylation is 2. The Labute approximate surface area is 209 Å². The summed E-state index contributed by atoms with van der Waals surface area (Å²) in [5.41, 5.74) is 4.58. The number of hydrogen-bond donors (Lipinski definition) is 1. The Kier molecular flexibility index (Phi) is 6.14. The molecule has 4 aromatic rings. The van der Waals surface area contributed by atoms with Crippen molar-refractivity contribution in [2.24, 2.45) is 0 Å². The monoisotopic (exact) mass is 484 g/mol. The maximum Gasteiger partial charge on any atom is 0.307 e. The summed E-state index contributed by atoms with van der Waals surface area (Å²) in [6.07, 6.45) is -0.202. The van der Waals surface area contributed by atoms with E-state index in [2.05, 4.69) is 4.90 Å². The van der Waals surface area contributed by atoms with E-state index in [0.29, 0.717) is 29.0 Å². The molecule has 184 valence electrons. The second-order valence-corrected chi connectivity index (χ2v) is 9.22. The van der Waals surface area contributed by atoms with Crippen molar-refractivity contribution in [1.29, 1.82) is 0 Å². The summed E-state index contributed by atoms with van der Waals surface area (Å²) in [5, 5.41) is 10.0. The summed E-state index contributed by atoms with van der Waals surface area (Å²) in [6, 6.07) is 20.7. The van der Waals surface area contributed by atoms with E-state index in [4.69, 9.17) is 9.47 Å². The standard InChI is InChI=1S/C29H28N2O5/c1-18-13-21(35-17-22-16-30(3)26-8-4-5-10-27(26)36-22)11-12-23(18)29(34)31-19(2)14-24-20(15-28(32)33)7-6-9-25(24)31/h4-14,22H,15-17H2,1-3H3,(H,32,33)/t22-/m0/s1. The van der Waals surface area contributed by atoms with Crippen LogP contribution in [0.2, 0.25) is 0 Å². The molecule has 5 rings (SSSR count). The summed E-state index contributed by atoms with van der Waals surface area (Å²) in [6.45, 7) is 4.85. The first kappa shape index (κ1) is 23.5. The normalized spacial score (nSPS) is 14.9. The molecule has 2 heterocycles. The molecule has 0 spiro atoms. The van der Waals surface area contributed by atoms with Gasteiger partial charge in [0.25, 0.3) is 5.91 Å². The summed E-state index contributed by atoms with van der Waals surface area (Å²) >= 11 is 0.